The van der Waals surface area contributed by atoms with Crippen molar-refractivity contribution in [3.8, 4) is 0 Å². The van der Waals surface area contributed by atoms with Crippen LogP contribution in [0.1, 0.15) is 36.5 Å². The molecule has 0 spiro atoms. The Balaban J connectivity index is 2.12. The smallest absolute Gasteiger partial charge is 0.258 e. The number of rotatable bonds is 6. The molecule has 1 aliphatic rings. The van der Waals surface area contributed by atoms with Crippen LogP contribution in [0.25, 0.3) is 0 Å². The molecule has 0 bridgehead atoms. The Morgan fingerprint density at radius 1 is 1.67 bits per heavy atom. The van der Waals surface area contributed by atoms with E-state index >= 15 is 0 Å². The predicted molar refractivity (Wildman–Crippen MR) is 71.8 cm³/mol. The molecule has 2 rings (SSSR count). The summed E-state index contributed by atoms with van der Waals surface area (Å²) in [6, 6.07) is 0.196. The number of aliphatic hydroxyl groups excluding tert-OH is 1. The van der Waals surface area contributed by atoms with E-state index in [4.69, 9.17) is 10.8 Å². The Hall–Kier alpha value is -1.34. The predicted octanol–water partition coefficient (Wildman–Crippen LogP) is 0.800. The highest BCUT2D eigenvalue weighted by Gasteiger charge is 2.27. The molecule has 1 fully saturated rings. The van der Waals surface area contributed by atoms with E-state index in [1.54, 1.807) is 0 Å². The van der Waals surface area contributed by atoms with Gasteiger partial charge in [0, 0.05) is 12.1 Å². The lowest BCUT2D eigenvalue weighted by molar-refractivity contribution is 0.0953. The lowest BCUT2D eigenvalue weighted by Gasteiger charge is -2.14. The molecule has 100 valence electrons. The first-order valence-electron chi connectivity index (χ1n) is 6.09. The number of amides is 1. The summed E-state index contributed by atoms with van der Waals surface area (Å²) in [4.78, 5) is 12.0. The van der Waals surface area contributed by atoms with Gasteiger partial charge in [-0.05, 0) is 30.8 Å². The number of nitrogens with two attached hydrogens (primary N) is 1. The summed E-state index contributed by atoms with van der Waals surface area (Å²) in [7, 11) is 0. The van der Waals surface area contributed by atoms with Crippen LogP contribution in [-0.4, -0.2) is 34.1 Å². The maximum atomic E-state index is 12.0. The van der Waals surface area contributed by atoms with E-state index in [2.05, 4.69) is 15.0 Å². The Labute approximate surface area is 110 Å². The van der Waals surface area contributed by atoms with Crippen molar-refractivity contribution in [2.75, 3.05) is 17.7 Å². The van der Waals surface area contributed by atoms with E-state index in [9.17, 15) is 4.79 Å². The van der Waals surface area contributed by atoms with Crippen LogP contribution in [0.2, 0.25) is 0 Å². The number of aliphatic hydroxyl groups is 1. The van der Waals surface area contributed by atoms with Gasteiger partial charge in [-0.25, -0.2) is 0 Å². The summed E-state index contributed by atoms with van der Waals surface area (Å²) in [5.41, 5.74) is 6.13. The largest absolute Gasteiger partial charge is 0.394 e. The third kappa shape index (κ3) is 2.91. The monoisotopic (exact) mass is 270 g/mol. The van der Waals surface area contributed by atoms with Crippen LogP contribution in [-0.2, 0) is 0 Å². The van der Waals surface area contributed by atoms with E-state index in [0.717, 1.165) is 30.8 Å². The Kier molecular flexibility index (Phi) is 4.03. The number of nitrogens with zero attached hydrogens (tertiary/aromatic N) is 1. The molecule has 5 N–H and O–H groups in total. The molecule has 1 aliphatic carbocycles. The number of nitrogen functional groups attached to an aromatic ring is 1. The molecule has 1 heterocycles. The second-order valence-corrected chi connectivity index (χ2v) is 5.23. The molecule has 1 saturated carbocycles. The first-order valence-corrected chi connectivity index (χ1v) is 6.86. The lowest BCUT2D eigenvalue weighted by atomic mass is 10.2. The fraction of sp³-hybridized carbons (Fsp3) is 0.636. The van der Waals surface area contributed by atoms with Gasteiger partial charge >= 0.3 is 0 Å². The Bertz CT molecular complexity index is 427. The highest BCUT2D eigenvalue weighted by atomic mass is 32.1. The van der Waals surface area contributed by atoms with Crippen molar-refractivity contribution in [1.29, 1.82) is 0 Å². The maximum Gasteiger partial charge on any atom is 0.258 e. The van der Waals surface area contributed by atoms with Gasteiger partial charge in [0.05, 0.1) is 6.61 Å². The normalized spacial score (nSPS) is 16.3. The van der Waals surface area contributed by atoms with Gasteiger partial charge in [-0.1, -0.05) is 6.92 Å². The van der Waals surface area contributed by atoms with Crippen molar-refractivity contribution in [1.82, 2.24) is 9.69 Å². The Morgan fingerprint density at radius 3 is 2.94 bits per heavy atom. The SMILES string of the molecule is CCC(CO)Nc1snc(N)c1C(=O)NC1CC1. The van der Waals surface area contributed by atoms with Crippen molar-refractivity contribution < 1.29 is 9.90 Å². The van der Waals surface area contributed by atoms with Gasteiger partial charge in [0.15, 0.2) is 5.82 Å². The zero-order chi connectivity index (χ0) is 13.1. The van der Waals surface area contributed by atoms with Crippen molar-refractivity contribution in [3.63, 3.8) is 0 Å². The van der Waals surface area contributed by atoms with Crippen molar-refractivity contribution >= 4 is 28.3 Å². The third-order valence-electron chi connectivity index (χ3n) is 2.91. The average Bonchev–Trinajstić information content (AvgIpc) is 3.08. The van der Waals surface area contributed by atoms with Crippen molar-refractivity contribution in [3.05, 3.63) is 5.56 Å². The minimum Gasteiger partial charge on any atom is -0.394 e. The molecule has 6 nitrogen and oxygen atoms in total. The second-order valence-electron chi connectivity index (χ2n) is 4.45. The van der Waals surface area contributed by atoms with Gasteiger partial charge in [0.25, 0.3) is 5.91 Å². The molecule has 18 heavy (non-hydrogen) atoms. The van der Waals surface area contributed by atoms with Crippen LogP contribution >= 0.6 is 11.5 Å². The van der Waals surface area contributed by atoms with Gasteiger partial charge in [0.2, 0.25) is 0 Å². The number of hydrogen-bond donors (Lipinski definition) is 4. The fourth-order valence-electron chi connectivity index (χ4n) is 1.57. The van der Waals surface area contributed by atoms with Gasteiger partial charge < -0.3 is 21.5 Å². The summed E-state index contributed by atoms with van der Waals surface area (Å²) in [6.07, 6.45) is 2.82. The van der Waals surface area contributed by atoms with Crippen LogP contribution in [0.3, 0.4) is 0 Å². The zero-order valence-corrected chi connectivity index (χ0v) is 11.1. The summed E-state index contributed by atoms with van der Waals surface area (Å²) >= 11 is 1.15. The summed E-state index contributed by atoms with van der Waals surface area (Å²) in [5.74, 6) is 0.0625. The Morgan fingerprint density at radius 2 is 2.39 bits per heavy atom. The van der Waals surface area contributed by atoms with E-state index in [1.807, 2.05) is 6.92 Å². The number of anilines is 2. The summed E-state index contributed by atoms with van der Waals surface area (Å²) in [5, 5.41) is 15.8. The van der Waals surface area contributed by atoms with Gasteiger partial charge in [-0.3, -0.25) is 4.79 Å². The molecule has 1 atom stereocenters. The van der Waals surface area contributed by atoms with E-state index in [0.29, 0.717) is 10.6 Å². The average molecular weight is 270 g/mol. The van der Waals surface area contributed by atoms with Crippen LogP contribution in [0, 0.1) is 0 Å². The standard InChI is InChI=1S/C11H18N4O2S/c1-2-6(5-16)14-11-8(9(12)15-18-11)10(17)13-7-3-4-7/h6-7,14,16H,2-5H2,1H3,(H2,12,15)(H,13,17). The lowest BCUT2D eigenvalue weighted by Crippen LogP contribution is -2.28. The van der Waals surface area contributed by atoms with E-state index < -0.39 is 0 Å². The minimum atomic E-state index is -0.181. The van der Waals surface area contributed by atoms with Crippen LogP contribution in [0.15, 0.2) is 0 Å². The second kappa shape index (κ2) is 5.53. The number of hydrogen-bond acceptors (Lipinski definition) is 6. The molecule has 0 radical (unpaired) electrons. The molecule has 1 aromatic rings. The minimum absolute atomic E-state index is 0.0119. The van der Waals surface area contributed by atoms with Gasteiger partial charge in [0.1, 0.15) is 10.6 Å². The highest BCUT2D eigenvalue weighted by Crippen LogP contribution is 2.29. The molecular formula is C11H18N4O2S. The molecule has 0 aliphatic heterocycles. The molecule has 1 amide bonds. The first-order chi connectivity index (χ1) is 8.65. The molecular weight excluding hydrogens is 252 g/mol. The van der Waals surface area contributed by atoms with Gasteiger partial charge in [-0.2, -0.15) is 4.37 Å². The molecule has 7 heteroatoms. The fourth-order valence-corrected chi connectivity index (χ4v) is 2.36. The zero-order valence-electron chi connectivity index (χ0n) is 10.3. The molecule has 0 saturated heterocycles. The molecule has 1 aromatic heterocycles. The van der Waals surface area contributed by atoms with E-state index in [1.165, 1.54) is 0 Å². The van der Waals surface area contributed by atoms with Crippen molar-refractivity contribution in [2.45, 2.75) is 38.3 Å². The summed E-state index contributed by atoms with van der Waals surface area (Å²) < 4.78 is 4.00. The number of aromatic nitrogens is 1. The summed E-state index contributed by atoms with van der Waals surface area (Å²) in [6.45, 7) is 1.97. The van der Waals surface area contributed by atoms with Crippen LogP contribution in [0.5, 0.6) is 0 Å². The number of carbonyl (C=O) groups excluding carboxylic acids is 1. The van der Waals surface area contributed by atoms with Gasteiger partial charge in [-0.15, -0.1) is 0 Å². The van der Waals surface area contributed by atoms with Crippen LogP contribution < -0.4 is 16.4 Å². The first kappa shape index (κ1) is 13.1. The van der Waals surface area contributed by atoms with Crippen LogP contribution in [0.4, 0.5) is 10.8 Å². The number of nitrogens with one attached hydrogen (secondary N) is 2. The van der Waals surface area contributed by atoms with Crippen molar-refractivity contribution in [2.24, 2.45) is 0 Å². The maximum absolute atomic E-state index is 12.0. The quantitative estimate of drug-likeness (QED) is 0.612. The third-order valence-corrected chi connectivity index (χ3v) is 3.70. The molecule has 0 aromatic carbocycles. The molecule has 1 unspecified atom stereocenters. The topological polar surface area (TPSA) is 100 Å². The highest BCUT2D eigenvalue weighted by molar-refractivity contribution is 7.11. The number of carbonyl (C=O) groups is 1. The van der Waals surface area contributed by atoms with E-state index in [-0.39, 0.29) is 30.4 Å².